The third-order valence-corrected chi connectivity index (χ3v) is 6.43. The van der Waals surface area contributed by atoms with Gasteiger partial charge >= 0.3 is 0 Å². The van der Waals surface area contributed by atoms with Crippen molar-refractivity contribution in [1.29, 1.82) is 0 Å². The molecule has 0 N–H and O–H groups in total. The third-order valence-electron chi connectivity index (χ3n) is 5.05. The van der Waals surface area contributed by atoms with E-state index in [0.29, 0.717) is 46.9 Å². The molecule has 1 saturated heterocycles. The van der Waals surface area contributed by atoms with Crippen molar-refractivity contribution in [2.24, 2.45) is 0 Å². The molecule has 7 heteroatoms. The summed E-state index contributed by atoms with van der Waals surface area (Å²) >= 11 is 6.61. The first kappa shape index (κ1) is 23.2. The highest BCUT2D eigenvalue weighted by Gasteiger charge is 2.31. The van der Waals surface area contributed by atoms with Gasteiger partial charge in [-0.05, 0) is 50.1 Å². The normalized spacial score (nSPS) is 15.0. The Kier molecular flexibility index (Phi) is 7.98. The van der Waals surface area contributed by atoms with E-state index in [9.17, 15) is 4.79 Å². The number of thioether (sulfide) groups is 1. The van der Waals surface area contributed by atoms with E-state index >= 15 is 0 Å². The fraction of sp³-hybridized carbons (Fsp3) is 0.333. The molecule has 0 saturated carbocycles. The largest absolute Gasteiger partial charge is 0.493 e. The molecule has 2 aromatic carbocycles. The molecule has 164 valence electrons. The Morgan fingerprint density at radius 3 is 2.48 bits per heavy atom. The van der Waals surface area contributed by atoms with Crippen LogP contribution in [0.25, 0.3) is 6.08 Å². The van der Waals surface area contributed by atoms with E-state index < -0.39 is 0 Å². The Bertz CT molecular complexity index is 1000. The smallest absolute Gasteiger partial charge is 0.266 e. The molecular weight excluding hydrogens is 430 g/mol. The second-order valence-corrected chi connectivity index (χ2v) is 8.73. The molecule has 0 unspecified atom stereocenters. The summed E-state index contributed by atoms with van der Waals surface area (Å²) in [6.45, 7) is 7.61. The molecule has 31 heavy (non-hydrogen) atoms. The molecule has 1 heterocycles. The average molecular weight is 458 g/mol. The number of carbonyl (C=O) groups is 1. The topological polar surface area (TPSA) is 48.0 Å². The van der Waals surface area contributed by atoms with Crippen molar-refractivity contribution in [2.75, 3.05) is 26.9 Å². The van der Waals surface area contributed by atoms with Gasteiger partial charge in [0, 0.05) is 18.5 Å². The van der Waals surface area contributed by atoms with Gasteiger partial charge in [-0.15, -0.1) is 0 Å². The Morgan fingerprint density at radius 1 is 1.06 bits per heavy atom. The molecule has 1 aliphatic heterocycles. The quantitative estimate of drug-likeness (QED) is 0.286. The number of thiocarbonyl (C=S) groups is 1. The zero-order chi connectivity index (χ0) is 22.4. The predicted octanol–water partition coefficient (Wildman–Crippen LogP) is 5.38. The number of amides is 1. The standard InChI is InChI=1S/C24H27NO4S2/c1-5-25-23(26)21(31-24(25)30)15-18-10-7-12-20(27-4)22(18)29-14-8-13-28-19-11-6-9-16(2)17(19)3/h6-7,9-12,15H,5,8,13-14H2,1-4H3. The molecular formula is C24H27NO4S2. The fourth-order valence-corrected chi connectivity index (χ4v) is 4.55. The predicted molar refractivity (Wildman–Crippen MR) is 130 cm³/mol. The molecule has 0 spiro atoms. The lowest BCUT2D eigenvalue weighted by atomic mass is 10.1. The van der Waals surface area contributed by atoms with Crippen molar-refractivity contribution in [1.82, 2.24) is 4.90 Å². The van der Waals surface area contributed by atoms with Gasteiger partial charge in [0.1, 0.15) is 10.1 Å². The van der Waals surface area contributed by atoms with Crippen molar-refractivity contribution in [3.63, 3.8) is 0 Å². The number of aryl methyl sites for hydroxylation is 1. The number of rotatable bonds is 9. The van der Waals surface area contributed by atoms with Gasteiger partial charge < -0.3 is 14.2 Å². The van der Waals surface area contributed by atoms with Gasteiger partial charge in [-0.2, -0.15) is 0 Å². The van der Waals surface area contributed by atoms with E-state index in [0.717, 1.165) is 16.9 Å². The maximum Gasteiger partial charge on any atom is 0.266 e. The van der Waals surface area contributed by atoms with Crippen molar-refractivity contribution in [2.45, 2.75) is 27.2 Å². The molecule has 1 aliphatic rings. The number of hydrogen-bond donors (Lipinski definition) is 0. The summed E-state index contributed by atoms with van der Waals surface area (Å²) in [6, 6.07) is 11.7. The SMILES string of the molecule is CCN1C(=O)C(=Cc2cccc(OC)c2OCCCOc2cccc(C)c2C)SC1=S. The van der Waals surface area contributed by atoms with Crippen LogP contribution in [0.15, 0.2) is 41.3 Å². The number of para-hydroxylation sites is 1. The van der Waals surface area contributed by atoms with Crippen LogP contribution >= 0.6 is 24.0 Å². The minimum atomic E-state index is -0.0757. The fourth-order valence-electron chi connectivity index (χ4n) is 3.17. The summed E-state index contributed by atoms with van der Waals surface area (Å²) in [5, 5.41) is 0. The minimum absolute atomic E-state index is 0.0757. The van der Waals surface area contributed by atoms with Crippen molar-refractivity contribution >= 4 is 40.3 Å². The number of methoxy groups -OCH3 is 1. The van der Waals surface area contributed by atoms with Crippen LogP contribution in [0.3, 0.4) is 0 Å². The molecule has 0 aliphatic carbocycles. The Balaban J connectivity index is 1.67. The van der Waals surface area contributed by atoms with Gasteiger partial charge in [-0.1, -0.05) is 48.2 Å². The lowest BCUT2D eigenvalue weighted by molar-refractivity contribution is -0.121. The lowest BCUT2D eigenvalue weighted by Crippen LogP contribution is -2.27. The molecule has 0 atom stereocenters. The van der Waals surface area contributed by atoms with Crippen LogP contribution in [0.4, 0.5) is 0 Å². The molecule has 3 rings (SSSR count). The first-order valence-electron chi connectivity index (χ1n) is 10.2. The van der Waals surface area contributed by atoms with Crippen molar-refractivity contribution in [3.05, 3.63) is 58.0 Å². The highest BCUT2D eigenvalue weighted by atomic mass is 32.2. The number of benzene rings is 2. The second-order valence-electron chi connectivity index (χ2n) is 7.05. The molecule has 5 nitrogen and oxygen atoms in total. The van der Waals surface area contributed by atoms with Gasteiger partial charge in [0.05, 0.1) is 25.2 Å². The summed E-state index contributed by atoms with van der Waals surface area (Å²) in [5.41, 5.74) is 3.15. The zero-order valence-corrected chi connectivity index (χ0v) is 19.9. The number of likely N-dealkylation sites (N-methyl/N-ethyl adjacent to an activating group) is 1. The van der Waals surface area contributed by atoms with Crippen LogP contribution < -0.4 is 14.2 Å². The monoisotopic (exact) mass is 457 g/mol. The summed E-state index contributed by atoms with van der Waals surface area (Å²) < 4.78 is 18.0. The second kappa shape index (κ2) is 10.7. The van der Waals surface area contributed by atoms with Crippen LogP contribution in [0.5, 0.6) is 17.2 Å². The first-order chi connectivity index (χ1) is 15.0. The number of carbonyl (C=O) groups excluding carboxylic acids is 1. The molecule has 1 amide bonds. The maximum atomic E-state index is 12.6. The van der Waals surface area contributed by atoms with Crippen LogP contribution in [0.2, 0.25) is 0 Å². The lowest BCUT2D eigenvalue weighted by Gasteiger charge is -2.15. The number of nitrogens with zero attached hydrogens (tertiary/aromatic N) is 1. The van der Waals surface area contributed by atoms with Crippen molar-refractivity contribution in [3.8, 4) is 17.2 Å². The van der Waals surface area contributed by atoms with E-state index in [4.69, 9.17) is 26.4 Å². The maximum absolute atomic E-state index is 12.6. The minimum Gasteiger partial charge on any atom is -0.493 e. The first-order valence-corrected chi connectivity index (χ1v) is 11.4. The molecule has 0 bridgehead atoms. The van der Waals surface area contributed by atoms with Gasteiger partial charge in [0.2, 0.25) is 0 Å². The van der Waals surface area contributed by atoms with Crippen LogP contribution in [0.1, 0.15) is 30.0 Å². The van der Waals surface area contributed by atoms with Crippen molar-refractivity contribution < 1.29 is 19.0 Å². The summed E-state index contributed by atoms with van der Waals surface area (Å²) in [6.07, 6.45) is 2.53. The highest BCUT2D eigenvalue weighted by Crippen LogP contribution is 2.37. The molecule has 0 aromatic heterocycles. The van der Waals surface area contributed by atoms with Crippen LogP contribution in [0, 0.1) is 13.8 Å². The summed E-state index contributed by atoms with van der Waals surface area (Å²) in [4.78, 5) is 14.7. The highest BCUT2D eigenvalue weighted by molar-refractivity contribution is 8.26. The summed E-state index contributed by atoms with van der Waals surface area (Å²) in [7, 11) is 1.60. The average Bonchev–Trinajstić information content (AvgIpc) is 3.03. The Labute approximate surface area is 193 Å². The van der Waals surface area contributed by atoms with Gasteiger partial charge in [-0.3, -0.25) is 9.69 Å². The van der Waals surface area contributed by atoms with Gasteiger partial charge in [0.15, 0.2) is 11.5 Å². The molecule has 0 radical (unpaired) electrons. The van der Waals surface area contributed by atoms with E-state index in [1.807, 2.05) is 43.3 Å². The number of ether oxygens (including phenoxy) is 3. The summed E-state index contributed by atoms with van der Waals surface area (Å²) in [5.74, 6) is 2.05. The Morgan fingerprint density at radius 2 is 1.77 bits per heavy atom. The van der Waals surface area contributed by atoms with Crippen LogP contribution in [-0.4, -0.2) is 42.0 Å². The van der Waals surface area contributed by atoms with Gasteiger partial charge in [0.25, 0.3) is 5.91 Å². The molecule has 2 aromatic rings. The Hall–Kier alpha value is -2.51. The van der Waals surface area contributed by atoms with E-state index in [2.05, 4.69) is 19.9 Å². The number of hydrogen-bond acceptors (Lipinski definition) is 6. The third kappa shape index (κ3) is 5.40. The van der Waals surface area contributed by atoms with E-state index in [1.54, 1.807) is 12.0 Å². The van der Waals surface area contributed by atoms with E-state index in [1.165, 1.54) is 17.3 Å². The molecule has 1 fully saturated rings. The van der Waals surface area contributed by atoms with E-state index in [-0.39, 0.29) is 5.91 Å². The van der Waals surface area contributed by atoms with Gasteiger partial charge in [-0.25, -0.2) is 0 Å². The van der Waals surface area contributed by atoms with Crippen LogP contribution in [-0.2, 0) is 4.79 Å². The zero-order valence-electron chi connectivity index (χ0n) is 18.3.